The van der Waals surface area contributed by atoms with Gasteiger partial charge in [0.25, 0.3) is 0 Å². The Kier molecular flexibility index (Phi) is 3.32. The fraction of sp³-hybridized carbons (Fsp3) is 0.188. The van der Waals surface area contributed by atoms with Crippen LogP contribution >= 0.6 is 12.2 Å². The van der Waals surface area contributed by atoms with Crippen molar-refractivity contribution in [3.63, 3.8) is 0 Å². The number of nitrogens with zero attached hydrogens (tertiary/aromatic N) is 1. The number of H-pyrrole nitrogens is 1. The lowest BCUT2D eigenvalue weighted by atomic mass is 10.1. The number of rotatable bonds is 3. The number of hydrogen-bond acceptors (Lipinski definition) is 2. The van der Waals surface area contributed by atoms with Gasteiger partial charge in [0.05, 0.1) is 19.2 Å². The first-order chi connectivity index (χ1) is 9.69. The van der Waals surface area contributed by atoms with E-state index < -0.39 is 0 Å². The van der Waals surface area contributed by atoms with Crippen molar-refractivity contribution in [1.29, 1.82) is 0 Å². The van der Waals surface area contributed by atoms with Crippen molar-refractivity contribution < 1.29 is 4.74 Å². The smallest absolute Gasteiger partial charge is 0.178 e. The first-order valence-electron chi connectivity index (χ1n) is 6.50. The van der Waals surface area contributed by atoms with Crippen LogP contribution in [-0.2, 0) is 6.54 Å². The van der Waals surface area contributed by atoms with E-state index in [2.05, 4.69) is 46.8 Å². The third-order valence-electron chi connectivity index (χ3n) is 3.45. The van der Waals surface area contributed by atoms with Gasteiger partial charge in [0.2, 0.25) is 0 Å². The SMILES string of the molecule is COc1cccc2c1[nH]c(=S)n2Cc1ccc(C)cc1. The molecule has 0 radical (unpaired) electrons. The quantitative estimate of drug-likeness (QED) is 0.735. The largest absolute Gasteiger partial charge is 0.494 e. The molecule has 20 heavy (non-hydrogen) atoms. The van der Waals surface area contributed by atoms with Crippen LogP contribution in [0.1, 0.15) is 11.1 Å². The molecule has 0 fully saturated rings. The summed E-state index contributed by atoms with van der Waals surface area (Å²) in [6.07, 6.45) is 0. The molecule has 3 nitrogen and oxygen atoms in total. The molecule has 0 aliphatic rings. The maximum atomic E-state index is 5.44. The van der Waals surface area contributed by atoms with E-state index in [1.165, 1.54) is 11.1 Å². The number of aryl methyl sites for hydroxylation is 1. The van der Waals surface area contributed by atoms with E-state index in [-0.39, 0.29) is 0 Å². The Hall–Kier alpha value is -2.07. The van der Waals surface area contributed by atoms with Gasteiger partial charge in [0.1, 0.15) is 11.3 Å². The molecule has 3 rings (SSSR count). The van der Waals surface area contributed by atoms with Gasteiger partial charge in [0.15, 0.2) is 4.77 Å². The van der Waals surface area contributed by atoms with Gasteiger partial charge >= 0.3 is 0 Å². The summed E-state index contributed by atoms with van der Waals surface area (Å²) in [6, 6.07) is 14.5. The summed E-state index contributed by atoms with van der Waals surface area (Å²) < 4.78 is 8.18. The summed E-state index contributed by atoms with van der Waals surface area (Å²) in [5.74, 6) is 0.816. The summed E-state index contributed by atoms with van der Waals surface area (Å²) in [5.41, 5.74) is 4.51. The van der Waals surface area contributed by atoms with Crippen LogP contribution in [0.5, 0.6) is 5.75 Å². The Bertz CT molecular complexity index is 799. The van der Waals surface area contributed by atoms with Gasteiger partial charge in [-0.25, -0.2) is 0 Å². The van der Waals surface area contributed by atoms with Gasteiger partial charge in [-0.05, 0) is 36.8 Å². The normalized spacial score (nSPS) is 10.9. The zero-order valence-corrected chi connectivity index (χ0v) is 12.3. The van der Waals surface area contributed by atoms with E-state index in [4.69, 9.17) is 17.0 Å². The van der Waals surface area contributed by atoms with Crippen LogP contribution in [0.15, 0.2) is 42.5 Å². The monoisotopic (exact) mass is 284 g/mol. The van der Waals surface area contributed by atoms with Gasteiger partial charge in [-0.1, -0.05) is 35.9 Å². The van der Waals surface area contributed by atoms with Gasteiger partial charge in [-0.3, -0.25) is 0 Å². The average Bonchev–Trinajstić information content (AvgIpc) is 2.77. The number of para-hydroxylation sites is 1. The second-order valence-corrected chi connectivity index (χ2v) is 5.24. The molecule has 0 aliphatic heterocycles. The average molecular weight is 284 g/mol. The number of ether oxygens (including phenoxy) is 1. The Morgan fingerprint density at radius 3 is 2.60 bits per heavy atom. The highest BCUT2D eigenvalue weighted by molar-refractivity contribution is 7.71. The van der Waals surface area contributed by atoms with E-state index in [1.54, 1.807) is 7.11 Å². The molecule has 102 valence electrons. The third-order valence-corrected chi connectivity index (χ3v) is 3.78. The van der Waals surface area contributed by atoms with Crippen molar-refractivity contribution in [2.45, 2.75) is 13.5 Å². The van der Waals surface area contributed by atoms with Crippen LogP contribution in [-0.4, -0.2) is 16.7 Å². The van der Waals surface area contributed by atoms with Crippen molar-refractivity contribution in [1.82, 2.24) is 9.55 Å². The molecule has 3 aromatic rings. The molecule has 4 heteroatoms. The fourth-order valence-electron chi connectivity index (χ4n) is 2.36. The minimum absolute atomic E-state index is 0.713. The summed E-state index contributed by atoms with van der Waals surface area (Å²) in [4.78, 5) is 3.23. The molecule has 0 saturated heterocycles. The highest BCUT2D eigenvalue weighted by Crippen LogP contribution is 2.25. The lowest BCUT2D eigenvalue weighted by Gasteiger charge is -2.06. The summed E-state index contributed by atoms with van der Waals surface area (Å²) in [6.45, 7) is 2.85. The molecule has 1 aromatic heterocycles. The molecule has 0 bridgehead atoms. The molecule has 0 aliphatic carbocycles. The van der Waals surface area contributed by atoms with Crippen molar-refractivity contribution >= 4 is 23.3 Å². The Morgan fingerprint density at radius 2 is 1.90 bits per heavy atom. The van der Waals surface area contributed by atoms with E-state index in [0.717, 1.165) is 23.3 Å². The minimum atomic E-state index is 0.713. The van der Waals surface area contributed by atoms with Crippen LogP contribution in [0.2, 0.25) is 0 Å². The number of imidazole rings is 1. The van der Waals surface area contributed by atoms with Gasteiger partial charge in [0, 0.05) is 0 Å². The topological polar surface area (TPSA) is 29.9 Å². The highest BCUT2D eigenvalue weighted by atomic mass is 32.1. The standard InChI is InChI=1S/C16H16N2OS/c1-11-6-8-12(9-7-11)10-18-13-4-3-5-14(19-2)15(13)17-16(18)20/h3-9H,10H2,1-2H3,(H,17,20). The van der Waals surface area contributed by atoms with Gasteiger partial charge in [-0.15, -0.1) is 0 Å². The lowest BCUT2D eigenvalue weighted by Crippen LogP contribution is -1.99. The molecular weight excluding hydrogens is 268 g/mol. The third kappa shape index (κ3) is 2.23. The number of aromatic nitrogens is 2. The predicted molar refractivity (Wildman–Crippen MR) is 84.0 cm³/mol. The highest BCUT2D eigenvalue weighted by Gasteiger charge is 2.08. The molecular formula is C16H16N2OS. The van der Waals surface area contributed by atoms with Crippen LogP contribution in [0.3, 0.4) is 0 Å². The summed E-state index contributed by atoms with van der Waals surface area (Å²) >= 11 is 5.44. The molecule has 0 saturated carbocycles. The number of aromatic amines is 1. The molecule has 0 amide bonds. The Labute approximate surface area is 122 Å². The Balaban J connectivity index is 2.10. The molecule has 1 N–H and O–H groups in total. The van der Waals surface area contributed by atoms with E-state index in [9.17, 15) is 0 Å². The molecule has 2 aromatic carbocycles. The molecule has 0 atom stereocenters. The van der Waals surface area contributed by atoms with Crippen molar-refractivity contribution in [3.05, 3.63) is 58.4 Å². The first kappa shape index (κ1) is 12.9. The van der Waals surface area contributed by atoms with E-state index in [1.807, 2.05) is 12.1 Å². The van der Waals surface area contributed by atoms with Crippen molar-refractivity contribution in [3.8, 4) is 5.75 Å². The Morgan fingerprint density at radius 1 is 1.15 bits per heavy atom. The lowest BCUT2D eigenvalue weighted by molar-refractivity contribution is 0.419. The van der Waals surface area contributed by atoms with Gasteiger partial charge in [-0.2, -0.15) is 0 Å². The zero-order chi connectivity index (χ0) is 14.1. The number of hydrogen-bond donors (Lipinski definition) is 1. The summed E-state index contributed by atoms with van der Waals surface area (Å²) in [7, 11) is 1.67. The summed E-state index contributed by atoms with van der Waals surface area (Å²) in [5, 5.41) is 0. The van der Waals surface area contributed by atoms with Crippen molar-refractivity contribution in [2.75, 3.05) is 7.11 Å². The van der Waals surface area contributed by atoms with Crippen LogP contribution in [0.4, 0.5) is 0 Å². The molecule has 0 spiro atoms. The molecule has 1 heterocycles. The van der Waals surface area contributed by atoms with Crippen molar-refractivity contribution in [2.24, 2.45) is 0 Å². The second-order valence-electron chi connectivity index (χ2n) is 4.86. The number of methoxy groups -OCH3 is 1. The maximum absolute atomic E-state index is 5.44. The van der Waals surface area contributed by atoms with Gasteiger partial charge < -0.3 is 14.3 Å². The van der Waals surface area contributed by atoms with Crippen LogP contribution in [0, 0.1) is 11.7 Å². The van der Waals surface area contributed by atoms with E-state index in [0.29, 0.717) is 4.77 Å². The number of benzene rings is 2. The predicted octanol–water partition coefficient (Wildman–Crippen LogP) is 4.06. The van der Waals surface area contributed by atoms with E-state index >= 15 is 0 Å². The fourth-order valence-corrected chi connectivity index (χ4v) is 2.62. The van der Waals surface area contributed by atoms with Crippen LogP contribution < -0.4 is 4.74 Å². The van der Waals surface area contributed by atoms with Crippen LogP contribution in [0.25, 0.3) is 11.0 Å². The zero-order valence-electron chi connectivity index (χ0n) is 11.5. The number of nitrogens with one attached hydrogen (secondary N) is 1. The molecule has 0 unspecified atom stereocenters. The number of fused-ring (bicyclic) bond motifs is 1. The first-order valence-corrected chi connectivity index (χ1v) is 6.91. The second kappa shape index (κ2) is 5.13. The minimum Gasteiger partial charge on any atom is -0.494 e. The maximum Gasteiger partial charge on any atom is 0.178 e.